The van der Waals surface area contributed by atoms with Crippen LogP contribution in [0.4, 0.5) is 15.2 Å². The van der Waals surface area contributed by atoms with Crippen LogP contribution in [-0.4, -0.2) is 27.0 Å². The number of Topliss-reactive ketones (excluding diaryl/α,β-unsaturated/α-hetero) is 2. The van der Waals surface area contributed by atoms with Crippen LogP contribution in [0.1, 0.15) is 13.8 Å². The third kappa shape index (κ3) is 4.08. The number of hydrogen-bond donors (Lipinski definition) is 1. The van der Waals surface area contributed by atoms with Gasteiger partial charge in [0.15, 0.2) is 15.9 Å². The van der Waals surface area contributed by atoms with Gasteiger partial charge in [0.25, 0.3) is 0 Å². The van der Waals surface area contributed by atoms with E-state index >= 15 is 0 Å². The highest BCUT2D eigenvalue weighted by Crippen LogP contribution is 2.31. The van der Waals surface area contributed by atoms with Crippen LogP contribution >= 0.6 is 23.1 Å². The number of aromatic nitrogens is 2. The first-order chi connectivity index (χ1) is 9.97. The van der Waals surface area contributed by atoms with Crippen molar-refractivity contribution in [2.75, 3.05) is 5.32 Å². The van der Waals surface area contributed by atoms with Gasteiger partial charge < -0.3 is 5.32 Å². The van der Waals surface area contributed by atoms with E-state index in [1.165, 1.54) is 19.9 Å². The van der Waals surface area contributed by atoms with Crippen LogP contribution in [0.3, 0.4) is 0 Å². The number of carbonyl (C=O) groups is 2. The first-order valence-corrected chi connectivity index (χ1v) is 7.69. The van der Waals surface area contributed by atoms with Crippen molar-refractivity contribution in [1.29, 1.82) is 0 Å². The molecule has 0 spiro atoms. The van der Waals surface area contributed by atoms with Crippen LogP contribution in [-0.2, 0) is 9.59 Å². The molecule has 8 heteroatoms. The Bertz CT molecular complexity index is 661. The second-order valence-corrected chi connectivity index (χ2v) is 6.53. The molecule has 1 aromatic heterocycles. The fourth-order valence-corrected chi connectivity index (χ4v) is 3.37. The Hall–Kier alpha value is -1.80. The summed E-state index contributed by atoms with van der Waals surface area (Å²) in [5.74, 6) is -0.857. The monoisotopic (exact) mass is 325 g/mol. The Morgan fingerprint density at radius 1 is 1.24 bits per heavy atom. The summed E-state index contributed by atoms with van der Waals surface area (Å²) in [7, 11) is 0. The molecule has 21 heavy (non-hydrogen) atoms. The summed E-state index contributed by atoms with van der Waals surface area (Å²) in [6, 6.07) is 6.20. The molecule has 0 amide bonds. The number of halogens is 1. The van der Waals surface area contributed by atoms with E-state index in [4.69, 9.17) is 0 Å². The van der Waals surface area contributed by atoms with Gasteiger partial charge in [-0.15, -0.1) is 10.2 Å². The quantitative estimate of drug-likeness (QED) is 0.650. The molecule has 0 aliphatic rings. The molecule has 1 N–H and O–H groups in total. The molecule has 5 nitrogen and oxygen atoms in total. The molecule has 0 aliphatic heterocycles. The number of carbonyl (C=O) groups excluding carboxylic acids is 2. The summed E-state index contributed by atoms with van der Waals surface area (Å²) in [4.78, 5) is 22.8. The van der Waals surface area contributed by atoms with E-state index in [1.807, 2.05) is 0 Å². The maximum Gasteiger partial charge on any atom is 0.210 e. The third-order valence-corrected chi connectivity index (χ3v) is 4.83. The summed E-state index contributed by atoms with van der Waals surface area (Å²) in [6.45, 7) is 2.72. The van der Waals surface area contributed by atoms with Crippen molar-refractivity contribution in [3.05, 3.63) is 30.1 Å². The lowest BCUT2D eigenvalue weighted by molar-refractivity contribution is -0.123. The number of benzene rings is 1. The number of anilines is 2. The van der Waals surface area contributed by atoms with E-state index < -0.39 is 11.1 Å². The van der Waals surface area contributed by atoms with E-state index in [1.54, 1.807) is 18.2 Å². The summed E-state index contributed by atoms with van der Waals surface area (Å²) in [5, 5.41) is 10.2. The normalized spacial score (nSPS) is 10.7. The number of ketones is 2. The lowest BCUT2D eigenvalue weighted by Gasteiger charge is -2.05. The topological polar surface area (TPSA) is 72.0 Å². The van der Waals surface area contributed by atoms with E-state index in [9.17, 15) is 14.0 Å². The number of hydrogen-bond acceptors (Lipinski definition) is 7. The minimum atomic E-state index is -0.778. The van der Waals surface area contributed by atoms with Gasteiger partial charge in [-0.1, -0.05) is 35.2 Å². The van der Waals surface area contributed by atoms with Gasteiger partial charge in [-0.2, -0.15) is 0 Å². The van der Waals surface area contributed by atoms with E-state index in [0.29, 0.717) is 15.2 Å². The molecule has 0 radical (unpaired) electrons. The fraction of sp³-hybridized carbons (Fsp3) is 0.231. The van der Waals surface area contributed by atoms with Crippen molar-refractivity contribution in [2.24, 2.45) is 0 Å². The Labute approximate surface area is 129 Å². The van der Waals surface area contributed by atoms with Crippen molar-refractivity contribution in [2.45, 2.75) is 23.4 Å². The number of para-hydroxylation sites is 1. The van der Waals surface area contributed by atoms with Crippen molar-refractivity contribution in [3.63, 3.8) is 0 Å². The molecule has 1 heterocycles. The lowest BCUT2D eigenvalue weighted by Crippen LogP contribution is -2.21. The zero-order chi connectivity index (χ0) is 15.4. The average molecular weight is 325 g/mol. The van der Waals surface area contributed by atoms with Crippen LogP contribution < -0.4 is 5.32 Å². The van der Waals surface area contributed by atoms with Gasteiger partial charge in [-0.3, -0.25) is 9.59 Å². The molecular weight excluding hydrogens is 313 g/mol. The van der Waals surface area contributed by atoms with Crippen molar-refractivity contribution < 1.29 is 14.0 Å². The average Bonchev–Trinajstić information content (AvgIpc) is 2.85. The van der Waals surface area contributed by atoms with Crippen molar-refractivity contribution >= 4 is 45.5 Å². The first-order valence-electron chi connectivity index (χ1n) is 6.00. The van der Waals surface area contributed by atoms with Gasteiger partial charge >= 0.3 is 0 Å². The Morgan fingerprint density at radius 3 is 2.52 bits per heavy atom. The van der Waals surface area contributed by atoms with Crippen molar-refractivity contribution in [1.82, 2.24) is 10.2 Å². The van der Waals surface area contributed by atoms with Crippen LogP contribution in [0.5, 0.6) is 0 Å². The molecule has 0 unspecified atom stereocenters. The number of nitrogens with one attached hydrogen (secondary N) is 1. The van der Waals surface area contributed by atoms with E-state index in [2.05, 4.69) is 15.5 Å². The second kappa shape index (κ2) is 6.77. The van der Waals surface area contributed by atoms with Gasteiger partial charge in [0.1, 0.15) is 11.1 Å². The van der Waals surface area contributed by atoms with Crippen LogP contribution in [0.2, 0.25) is 0 Å². The Kier molecular flexibility index (Phi) is 5.03. The minimum absolute atomic E-state index is 0.230. The largest absolute Gasteiger partial charge is 0.328 e. The highest BCUT2D eigenvalue weighted by Gasteiger charge is 2.23. The van der Waals surface area contributed by atoms with Crippen molar-refractivity contribution in [3.8, 4) is 0 Å². The lowest BCUT2D eigenvalue weighted by atomic mass is 10.2. The summed E-state index contributed by atoms with van der Waals surface area (Å²) in [5.41, 5.74) is 0.292. The maximum absolute atomic E-state index is 13.5. The highest BCUT2D eigenvalue weighted by molar-refractivity contribution is 8.03. The molecule has 2 rings (SSSR count). The second-order valence-electron chi connectivity index (χ2n) is 4.20. The molecule has 0 aliphatic carbocycles. The molecular formula is C13H12FN3O2S2. The zero-order valence-corrected chi connectivity index (χ0v) is 12.9. The standard InChI is InChI=1S/C13H12FN3O2S2/c1-7(18)11(8(2)19)20-13-17-16-12(21-13)15-10-6-4-3-5-9(10)14/h3-6,11H,1-2H3,(H,15,16). The Balaban J connectivity index is 2.10. The van der Waals surface area contributed by atoms with Gasteiger partial charge in [-0.05, 0) is 26.0 Å². The molecule has 0 saturated carbocycles. The van der Waals surface area contributed by atoms with Crippen LogP contribution in [0.15, 0.2) is 28.6 Å². The number of nitrogens with zero attached hydrogens (tertiary/aromatic N) is 2. The summed E-state index contributed by atoms with van der Waals surface area (Å²) >= 11 is 2.21. The fourth-order valence-electron chi connectivity index (χ4n) is 1.54. The van der Waals surface area contributed by atoms with Crippen LogP contribution in [0, 0.1) is 5.82 Å². The van der Waals surface area contributed by atoms with Crippen LogP contribution in [0.25, 0.3) is 0 Å². The third-order valence-electron chi connectivity index (χ3n) is 2.48. The molecule has 0 atom stereocenters. The predicted molar refractivity (Wildman–Crippen MR) is 80.6 cm³/mol. The first kappa shape index (κ1) is 15.6. The van der Waals surface area contributed by atoms with Gasteiger partial charge in [-0.25, -0.2) is 4.39 Å². The smallest absolute Gasteiger partial charge is 0.210 e. The molecule has 110 valence electrons. The SMILES string of the molecule is CC(=O)C(Sc1nnc(Nc2ccccc2F)s1)C(C)=O. The van der Waals surface area contributed by atoms with Gasteiger partial charge in [0.05, 0.1) is 5.69 Å². The molecule has 0 bridgehead atoms. The van der Waals surface area contributed by atoms with Gasteiger partial charge in [0, 0.05) is 0 Å². The highest BCUT2D eigenvalue weighted by atomic mass is 32.2. The molecule has 0 saturated heterocycles. The Morgan fingerprint density at radius 2 is 1.90 bits per heavy atom. The summed E-state index contributed by atoms with van der Waals surface area (Å²) < 4.78 is 14.0. The van der Waals surface area contributed by atoms with Gasteiger partial charge in [0.2, 0.25) is 5.13 Å². The minimum Gasteiger partial charge on any atom is -0.328 e. The maximum atomic E-state index is 13.5. The number of rotatable bonds is 6. The summed E-state index contributed by atoms with van der Waals surface area (Å²) in [6.07, 6.45) is 0. The molecule has 0 fully saturated rings. The van der Waals surface area contributed by atoms with E-state index in [0.717, 1.165) is 23.1 Å². The zero-order valence-electron chi connectivity index (χ0n) is 11.3. The molecule has 2 aromatic rings. The number of thioether (sulfide) groups is 1. The predicted octanol–water partition coefficient (Wildman–Crippen LogP) is 3.06. The van der Waals surface area contributed by atoms with E-state index in [-0.39, 0.29) is 11.6 Å². The molecule has 1 aromatic carbocycles.